The van der Waals surface area contributed by atoms with Crippen LogP contribution in [0.5, 0.6) is 0 Å². The minimum atomic E-state index is -0.434. The lowest BCUT2D eigenvalue weighted by molar-refractivity contribution is 0.314. The highest BCUT2D eigenvalue weighted by molar-refractivity contribution is 9.10. The van der Waals surface area contributed by atoms with Crippen molar-refractivity contribution in [1.29, 1.82) is 0 Å². The van der Waals surface area contributed by atoms with Crippen LogP contribution in [0.1, 0.15) is 25.0 Å². The molecule has 1 unspecified atom stereocenters. The van der Waals surface area contributed by atoms with Crippen LogP contribution in [0.25, 0.3) is 0 Å². The van der Waals surface area contributed by atoms with E-state index in [2.05, 4.69) is 40.1 Å². The summed E-state index contributed by atoms with van der Waals surface area (Å²) >= 11 is 3.44. The molecule has 0 radical (unpaired) electrons. The number of nitrogens with zero attached hydrogens (tertiary/aromatic N) is 1. The molecule has 0 aliphatic heterocycles. The average Bonchev–Trinajstić information content (AvgIpc) is 2.47. The molecule has 0 amide bonds. The zero-order valence-corrected chi connectivity index (χ0v) is 12.6. The van der Waals surface area contributed by atoms with E-state index in [1.807, 2.05) is 49.4 Å². The first-order valence-corrected chi connectivity index (χ1v) is 6.89. The van der Waals surface area contributed by atoms with Crippen molar-refractivity contribution in [2.75, 3.05) is 0 Å². The molecule has 0 aliphatic carbocycles. The Labute approximate surface area is 121 Å². The average molecular weight is 318 g/mol. The molecule has 19 heavy (non-hydrogen) atoms. The Morgan fingerprint density at radius 1 is 1.00 bits per heavy atom. The van der Waals surface area contributed by atoms with Crippen molar-refractivity contribution in [2.24, 2.45) is 5.16 Å². The van der Waals surface area contributed by atoms with Gasteiger partial charge in [-0.15, -0.1) is 0 Å². The minimum Gasteiger partial charge on any atom is -0.411 e. The Morgan fingerprint density at radius 3 is 2.05 bits per heavy atom. The summed E-state index contributed by atoms with van der Waals surface area (Å²) in [5, 5.41) is 12.7. The van der Waals surface area contributed by atoms with Crippen molar-refractivity contribution in [2.45, 2.75) is 19.3 Å². The van der Waals surface area contributed by atoms with Crippen molar-refractivity contribution in [3.63, 3.8) is 0 Å². The fourth-order valence-electron chi connectivity index (χ4n) is 2.24. The third-order valence-electron chi connectivity index (χ3n) is 3.65. The van der Waals surface area contributed by atoms with Gasteiger partial charge in [0, 0.05) is 4.47 Å². The molecule has 0 saturated heterocycles. The van der Waals surface area contributed by atoms with Gasteiger partial charge in [0.2, 0.25) is 0 Å². The highest BCUT2D eigenvalue weighted by atomic mass is 79.9. The van der Waals surface area contributed by atoms with Crippen LogP contribution in [0, 0.1) is 0 Å². The predicted molar refractivity (Wildman–Crippen MR) is 81.9 cm³/mol. The van der Waals surface area contributed by atoms with Gasteiger partial charge in [-0.1, -0.05) is 63.6 Å². The summed E-state index contributed by atoms with van der Waals surface area (Å²) in [4.78, 5) is 0. The molecule has 2 nitrogen and oxygen atoms in total. The smallest absolute Gasteiger partial charge is 0.0686 e. The van der Waals surface area contributed by atoms with E-state index in [1.165, 1.54) is 0 Å². The Balaban J connectivity index is 2.62. The van der Waals surface area contributed by atoms with Gasteiger partial charge in [0.25, 0.3) is 0 Å². The van der Waals surface area contributed by atoms with E-state index >= 15 is 0 Å². The third kappa shape index (κ3) is 2.56. The summed E-state index contributed by atoms with van der Waals surface area (Å²) < 4.78 is 1.03. The zero-order chi connectivity index (χ0) is 13.9. The molecule has 0 saturated carbocycles. The number of halogens is 1. The van der Waals surface area contributed by atoms with E-state index in [-0.39, 0.29) is 0 Å². The molecule has 3 heteroatoms. The standard InChI is InChI=1S/C16H16BrNO/c1-12(18-19)16(2,13-6-4-3-5-7-13)14-8-10-15(17)11-9-14/h3-11,19H,1-2H3. The molecule has 0 bridgehead atoms. The van der Waals surface area contributed by atoms with Crippen LogP contribution in [0.15, 0.2) is 64.2 Å². The Bertz CT molecular complexity index is 577. The van der Waals surface area contributed by atoms with Gasteiger partial charge in [-0.05, 0) is 37.1 Å². The topological polar surface area (TPSA) is 32.6 Å². The molecule has 98 valence electrons. The van der Waals surface area contributed by atoms with Gasteiger partial charge < -0.3 is 5.21 Å². The molecule has 2 rings (SSSR count). The predicted octanol–water partition coefficient (Wildman–Crippen LogP) is 4.61. The Hall–Kier alpha value is -1.61. The van der Waals surface area contributed by atoms with Crippen molar-refractivity contribution < 1.29 is 5.21 Å². The summed E-state index contributed by atoms with van der Waals surface area (Å²) in [5.74, 6) is 0. The van der Waals surface area contributed by atoms with Crippen LogP contribution in [0.3, 0.4) is 0 Å². The maximum atomic E-state index is 9.23. The number of hydrogen-bond acceptors (Lipinski definition) is 2. The quantitative estimate of drug-likeness (QED) is 0.500. The lowest BCUT2D eigenvalue weighted by Crippen LogP contribution is -2.32. The van der Waals surface area contributed by atoms with Crippen molar-refractivity contribution in [3.8, 4) is 0 Å². The van der Waals surface area contributed by atoms with Crippen LogP contribution < -0.4 is 0 Å². The van der Waals surface area contributed by atoms with Crippen molar-refractivity contribution >= 4 is 21.6 Å². The largest absolute Gasteiger partial charge is 0.411 e. The lowest BCUT2D eigenvalue weighted by atomic mass is 9.73. The third-order valence-corrected chi connectivity index (χ3v) is 4.17. The summed E-state index contributed by atoms with van der Waals surface area (Å²) in [5.41, 5.74) is 2.43. The fraction of sp³-hybridized carbons (Fsp3) is 0.188. The van der Waals surface area contributed by atoms with Crippen LogP contribution in [0.2, 0.25) is 0 Å². The number of hydrogen-bond donors (Lipinski definition) is 1. The summed E-state index contributed by atoms with van der Waals surface area (Å²) in [6.07, 6.45) is 0. The summed E-state index contributed by atoms with van der Waals surface area (Å²) in [7, 11) is 0. The van der Waals surface area contributed by atoms with Crippen LogP contribution in [0.4, 0.5) is 0 Å². The molecular weight excluding hydrogens is 302 g/mol. The molecule has 2 aromatic carbocycles. The maximum Gasteiger partial charge on any atom is 0.0686 e. The SMILES string of the molecule is CC(=NO)C(C)(c1ccccc1)c1ccc(Br)cc1. The fourth-order valence-corrected chi connectivity index (χ4v) is 2.50. The molecule has 0 spiro atoms. The molecule has 1 atom stereocenters. The van der Waals surface area contributed by atoms with E-state index in [9.17, 15) is 5.21 Å². The van der Waals surface area contributed by atoms with Crippen LogP contribution in [-0.4, -0.2) is 10.9 Å². The first-order chi connectivity index (χ1) is 9.09. The molecular formula is C16H16BrNO. The van der Waals surface area contributed by atoms with Gasteiger partial charge in [-0.2, -0.15) is 0 Å². The van der Waals surface area contributed by atoms with E-state index in [4.69, 9.17) is 0 Å². The monoisotopic (exact) mass is 317 g/mol. The van der Waals surface area contributed by atoms with Crippen LogP contribution in [-0.2, 0) is 5.41 Å². The Kier molecular flexibility index (Phi) is 4.05. The van der Waals surface area contributed by atoms with Gasteiger partial charge >= 0.3 is 0 Å². The molecule has 0 fully saturated rings. The highest BCUT2D eigenvalue weighted by Crippen LogP contribution is 2.34. The highest BCUT2D eigenvalue weighted by Gasteiger charge is 2.32. The van der Waals surface area contributed by atoms with Crippen molar-refractivity contribution in [1.82, 2.24) is 0 Å². The summed E-state index contributed by atoms with van der Waals surface area (Å²) in [6.45, 7) is 3.91. The number of oxime groups is 1. The number of benzene rings is 2. The second-order valence-electron chi connectivity index (χ2n) is 4.68. The van der Waals surface area contributed by atoms with E-state index < -0.39 is 5.41 Å². The minimum absolute atomic E-state index is 0.434. The van der Waals surface area contributed by atoms with E-state index in [1.54, 1.807) is 0 Å². The van der Waals surface area contributed by atoms with Gasteiger partial charge in [-0.3, -0.25) is 0 Å². The Morgan fingerprint density at radius 2 is 1.53 bits per heavy atom. The van der Waals surface area contributed by atoms with Gasteiger partial charge in [-0.25, -0.2) is 0 Å². The first-order valence-electron chi connectivity index (χ1n) is 6.09. The zero-order valence-electron chi connectivity index (χ0n) is 11.0. The van der Waals surface area contributed by atoms with Gasteiger partial charge in [0.05, 0.1) is 11.1 Å². The molecule has 1 N–H and O–H groups in total. The number of rotatable bonds is 3. The van der Waals surface area contributed by atoms with Crippen LogP contribution >= 0.6 is 15.9 Å². The lowest BCUT2D eigenvalue weighted by Gasteiger charge is -2.30. The van der Waals surface area contributed by atoms with E-state index in [0.29, 0.717) is 5.71 Å². The molecule has 2 aromatic rings. The van der Waals surface area contributed by atoms with Gasteiger partial charge in [0.15, 0.2) is 0 Å². The molecule has 0 aliphatic rings. The first kappa shape index (κ1) is 13.8. The normalized spacial score (nSPS) is 15.0. The molecule has 0 aromatic heterocycles. The second-order valence-corrected chi connectivity index (χ2v) is 5.60. The summed E-state index contributed by atoms with van der Waals surface area (Å²) in [6, 6.07) is 18.2. The molecule has 0 heterocycles. The van der Waals surface area contributed by atoms with Crippen molar-refractivity contribution in [3.05, 3.63) is 70.2 Å². The second kappa shape index (κ2) is 5.57. The maximum absolute atomic E-state index is 9.23. The van der Waals surface area contributed by atoms with Gasteiger partial charge in [0.1, 0.15) is 0 Å². The van der Waals surface area contributed by atoms with E-state index in [0.717, 1.165) is 15.6 Å².